The molecule has 0 heterocycles. The van der Waals surface area contributed by atoms with Crippen LogP contribution in [0.25, 0.3) is 0 Å². The number of nitrogens with one attached hydrogen (secondary N) is 2. The maximum Gasteiger partial charge on any atom is 0.416 e. The van der Waals surface area contributed by atoms with Gasteiger partial charge in [-0.2, -0.15) is 35.1 Å². The summed E-state index contributed by atoms with van der Waals surface area (Å²) in [6.45, 7) is -0.494. The first-order valence-corrected chi connectivity index (χ1v) is 14.0. The van der Waals surface area contributed by atoms with Gasteiger partial charge in [0.25, 0.3) is 15.9 Å². The van der Waals surface area contributed by atoms with Crippen LogP contribution in [-0.4, -0.2) is 41.2 Å². The van der Waals surface area contributed by atoms with Crippen molar-refractivity contribution in [1.29, 1.82) is 0 Å². The number of hydrogen-bond donors (Lipinski definition) is 2. The van der Waals surface area contributed by atoms with Crippen molar-refractivity contribution < 1.29 is 56.8 Å². The Morgan fingerprint density at radius 2 is 1.46 bits per heavy atom. The molecule has 1 fully saturated rings. The summed E-state index contributed by atoms with van der Waals surface area (Å²) in [5, 5.41) is 2.16. The normalized spacial score (nSPS) is 16.0. The third-order valence-corrected chi connectivity index (χ3v) is 9.11. The van der Waals surface area contributed by atoms with Gasteiger partial charge >= 0.3 is 18.1 Å². The third-order valence-electron chi connectivity index (χ3n) is 6.33. The molecule has 0 aliphatic heterocycles. The molecule has 0 unspecified atom stereocenters. The lowest BCUT2D eigenvalue weighted by Gasteiger charge is -2.43. The molecule has 17 heteroatoms. The van der Waals surface area contributed by atoms with Crippen molar-refractivity contribution in [2.24, 2.45) is 5.41 Å². The number of carbonyl (C=O) groups is 1. The van der Waals surface area contributed by atoms with Crippen molar-refractivity contribution >= 4 is 31.5 Å². The van der Waals surface area contributed by atoms with Crippen LogP contribution >= 0.6 is 0 Å². The highest BCUT2D eigenvalue weighted by Gasteiger charge is 2.57. The molecule has 0 spiro atoms. The van der Waals surface area contributed by atoms with Crippen molar-refractivity contribution in [3.8, 4) is 0 Å². The van der Waals surface area contributed by atoms with Crippen molar-refractivity contribution in [3.63, 3.8) is 0 Å². The standard InChI is InChI=1S/C22H20F8N2O5S2/c23-19(24)38(34,35)14-3-5-15(6-4-14)39(36,37)32-17-12-13(21(25,26)27)2-7-16(17)18(33)31-11-10-20(8-1-9-20)22(28,29)30/h2-7,12,19,32H,1,8-11H2,(H,31,33). The first-order chi connectivity index (χ1) is 17.8. The summed E-state index contributed by atoms with van der Waals surface area (Å²) in [5.74, 6) is -4.95. The second-order valence-corrected chi connectivity index (χ2v) is 12.4. The quantitative estimate of drug-likeness (QED) is 0.373. The van der Waals surface area contributed by atoms with Gasteiger partial charge in [-0.15, -0.1) is 0 Å². The summed E-state index contributed by atoms with van der Waals surface area (Å²) in [6, 6.07) is 3.72. The van der Waals surface area contributed by atoms with E-state index in [0.29, 0.717) is 48.9 Å². The van der Waals surface area contributed by atoms with Gasteiger partial charge in [0.05, 0.1) is 32.0 Å². The average molecular weight is 609 g/mol. The zero-order valence-corrected chi connectivity index (χ0v) is 21.2. The zero-order chi connectivity index (χ0) is 29.4. The highest BCUT2D eigenvalue weighted by atomic mass is 32.2. The smallest absolute Gasteiger partial charge is 0.352 e. The van der Waals surface area contributed by atoms with Gasteiger partial charge in [0.15, 0.2) is 0 Å². The lowest BCUT2D eigenvalue weighted by atomic mass is 9.66. The predicted octanol–water partition coefficient (Wildman–Crippen LogP) is 5.36. The van der Waals surface area contributed by atoms with Crippen molar-refractivity contribution in [3.05, 3.63) is 53.6 Å². The third kappa shape index (κ3) is 6.45. The van der Waals surface area contributed by atoms with Crippen molar-refractivity contribution in [1.82, 2.24) is 5.32 Å². The Labute approximate surface area is 217 Å². The van der Waals surface area contributed by atoms with E-state index in [-0.39, 0.29) is 12.8 Å². The number of hydrogen-bond acceptors (Lipinski definition) is 5. The molecule has 3 rings (SSSR count). The minimum Gasteiger partial charge on any atom is -0.352 e. The second-order valence-electron chi connectivity index (χ2n) is 8.78. The number of amides is 1. The Kier molecular flexibility index (Phi) is 8.28. The van der Waals surface area contributed by atoms with E-state index >= 15 is 0 Å². The van der Waals surface area contributed by atoms with E-state index in [4.69, 9.17) is 0 Å². The number of sulfonamides is 1. The second kappa shape index (κ2) is 10.6. The highest BCUT2D eigenvalue weighted by Crippen LogP contribution is 2.55. The monoisotopic (exact) mass is 608 g/mol. The fraction of sp³-hybridized carbons (Fsp3) is 0.409. The van der Waals surface area contributed by atoms with Crippen LogP contribution in [0.4, 0.5) is 40.8 Å². The van der Waals surface area contributed by atoms with E-state index in [9.17, 15) is 56.8 Å². The number of carbonyl (C=O) groups excluding carboxylic acids is 1. The molecular weight excluding hydrogens is 588 g/mol. The van der Waals surface area contributed by atoms with Crippen molar-refractivity contribution in [2.75, 3.05) is 11.3 Å². The van der Waals surface area contributed by atoms with Crippen LogP contribution in [0.2, 0.25) is 0 Å². The summed E-state index contributed by atoms with van der Waals surface area (Å²) < 4.78 is 156. The molecule has 7 nitrogen and oxygen atoms in total. The number of rotatable bonds is 9. The molecule has 0 aromatic heterocycles. The molecule has 1 amide bonds. The molecule has 0 saturated heterocycles. The van der Waals surface area contributed by atoms with E-state index in [1.165, 1.54) is 0 Å². The summed E-state index contributed by atoms with van der Waals surface area (Å²) >= 11 is 0. The topological polar surface area (TPSA) is 109 Å². The van der Waals surface area contributed by atoms with Crippen LogP contribution in [0, 0.1) is 5.41 Å². The molecule has 0 radical (unpaired) electrons. The first kappa shape index (κ1) is 30.6. The number of halogens is 8. The Balaban J connectivity index is 1.88. The number of sulfone groups is 1. The van der Waals surface area contributed by atoms with Gasteiger partial charge in [-0.1, -0.05) is 6.42 Å². The van der Waals surface area contributed by atoms with Crippen LogP contribution in [0.5, 0.6) is 0 Å². The molecule has 0 bridgehead atoms. The predicted molar refractivity (Wildman–Crippen MR) is 121 cm³/mol. The lowest BCUT2D eigenvalue weighted by molar-refractivity contribution is -0.252. The maximum atomic E-state index is 13.3. The fourth-order valence-electron chi connectivity index (χ4n) is 3.91. The summed E-state index contributed by atoms with van der Waals surface area (Å²) in [6.07, 6.45) is -9.92. The molecule has 1 aliphatic carbocycles. The van der Waals surface area contributed by atoms with E-state index < -0.39 is 88.9 Å². The molecule has 2 aromatic rings. The number of anilines is 1. The Hall–Kier alpha value is -2.95. The van der Waals surface area contributed by atoms with Gasteiger partial charge in [-0.25, -0.2) is 16.8 Å². The van der Waals surface area contributed by atoms with Gasteiger partial charge < -0.3 is 5.32 Å². The molecule has 0 atom stereocenters. The van der Waals surface area contributed by atoms with Gasteiger partial charge in [0.2, 0.25) is 9.84 Å². The fourth-order valence-corrected chi connectivity index (χ4v) is 5.70. The van der Waals surface area contributed by atoms with Gasteiger partial charge in [0, 0.05) is 6.54 Å². The molecular formula is C22H20F8N2O5S2. The number of alkyl halides is 8. The largest absolute Gasteiger partial charge is 0.416 e. The molecule has 216 valence electrons. The van der Waals surface area contributed by atoms with Gasteiger partial charge in [-0.05, 0) is 61.7 Å². The maximum absolute atomic E-state index is 13.3. The summed E-state index contributed by atoms with van der Waals surface area (Å²) in [5.41, 5.74) is -4.87. The molecule has 2 aromatic carbocycles. The van der Waals surface area contributed by atoms with E-state index in [0.717, 1.165) is 0 Å². The molecule has 2 N–H and O–H groups in total. The minimum atomic E-state index is -5.06. The summed E-state index contributed by atoms with van der Waals surface area (Å²) in [7, 11) is -9.86. The van der Waals surface area contributed by atoms with E-state index in [1.54, 1.807) is 4.72 Å². The van der Waals surface area contributed by atoms with Gasteiger partial charge in [-0.3, -0.25) is 9.52 Å². The van der Waals surface area contributed by atoms with E-state index in [1.807, 2.05) is 0 Å². The van der Waals surface area contributed by atoms with Crippen LogP contribution in [0.3, 0.4) is 0 Å². The molecule has 1 saturated carbocycles. The Bertz CT molecular complexity index is 1430. The highest BCUT2D eigenvalue weighted by molar-refractivity contribution is 7.93. The van der Waals surface area contributed by atoms with Crippen LogP contribution in [0.15, 0.2) is 52.3 Å². The molecule has 1 aliphatic rings. The van der Waals surface area contributed by atoms with Crippen LogP contribution < -0.4 is 10.0 Å². The van der Waals surface area contributed by atoms with E-state index in [2.05, 4.69) is 5.32 Å². The Morgan fingerprint density at radius 1 is 0.897 bits per heavy atom. The van der Waals surface area contributed by atoms with Crippen LogP contribution in [0.1, 0.15) is 41.6 Å². The van der Waals surface area contributed by atoms with Gasteiger partial charge in [0.1, 0.15) is 0 Å². The molecule has 39 heavy (non-hydrogen) atoms. The minimum absolute atomic E-state index is 0.144. The summed E-state index contributed by atoms with van der Waals surface area (Å²) in [4.78, 5) is 11.0. The zero-order valence-electron chi connectivity index (χ0n) is 19.5. The Morgan fingerprint density at radius 3 is 1.92 bits per heavy atom. The first-order valence-electron chi connectivity index (χ1n) is 11.0. The average Bonchev–Trinajstić information content (AvgIpc) is 2.78. The van der Waals surface area contributed by atoms with Crippen LogP contribution in [-0.2, 0) is 26.0 Å². The number of benzene rings is 2. The SMILES string of the molecule is O=C(NCCC1(C(F)(F)F)CCC1)c1ccc(C(F)(F)F)cc1NS(=O)(=O)c1ccc(S(=O)(=O)C(F)F)cc1. The van der Waals surface area contributed by atoms with Crippen molar-refractivity contribution in [2.45, 2.75) is 53.6 Å². The lowest BCUT2D eigenvalue weighted by Crippen LogP contribution is -2.46.